The standard InChI is InChI=1S/C11H8BrN3O4S/c12-9-2-1-7(15(18)19)3-8(9)10(16)13-4-6-5-20-11(17)14-6/h1-3,5H,4H2,(H,13,16)(H,14,17). The Morgan fingerprint density at radius 3 is 2.85 bits per heavy atom. The molecule has 0 bridgehead atoms. The number of carbonyl (C=O) groups is 1. The van der Waals surface area contributed by atoms with Gasteiger partial charge in [0, 0.05) is 27.7 Å². The van der Waals surface area contributed by atoms with Crippen molar-refractivity contribution in [2.75, 3.05) is 0 Å². The Labute approximate surface area is 124 Å². The van der Waals surface area contributed by atoms with Crippen LogP contribution in [0.1, 0.15) is 16.1 Å². The number of amides is 1. The minimum absolute atomic E-state index is 0.146. The van der Waals surface area contributed by atoms with Crippen LogP contribution >= 0.6 is 27.3 Å². The minimum atomic E-state index is -0.570. The molecule has 2 aromatic rings. The van der Waals surface area contributed by atoms with Crippen LogP contribution in [0.15, 0.2) is 32.8 Å². The van der Waals surface area contributed by atoms with Crippen molar-refractivity contribution in [2.24, 2.45) is 0 Å². The zero-order valence-corrected chi connectivity index (χ0v) is 12.3. The fourth-order valence-corrected chi connectivity index (χ4v) is 2.48. The van der Waals surface area contributed by atoms with Crippen molar-refractivity contribution in [3.05, 3.63) is 59.1 Å². The predicted molar refractivity (Wildman–Crippen MR) is 76.9 cm³/mol. The van der Waals surface area contributed by atoms with Gasteiger partial charge >= 0.3 is 4.87 Å². The van der Waals surface area contributed by atoms with Gasteiger partial charge in [-0.1, -0.05) is 11.3 Å². The van der Waals surface area contributed by atoms with Gasteiger partial charge in [-0.05, 0) is 22.0 Å². The van der Waals surface area contributed by atoms with Crippen LogP contribution in [0.4, 0.5) is 5.69 Å². The zero-order chi connectivity index (χ0) is 14.7. The van der Waals surface area contributed by atoms with Crippen molar-refractivity contribution in [2.45, 2.75) is 6.54 Å². The van der Waals surface area contributed by atoms with Crippen LogP contribution in [0.25, 0.3) is 0 Å². The van der Waals surface area contributed by atoms with Gasteiger partial charge in [0.1, 0.15) is 0 Å². The van der Waals surface area contributed by atoms with Crippen LogP contribution in [0.3, 0.4) is 0 Å². The van der Waals surface area contributed by atoms with Gasteiger partial charge in [-0.25, -0.2) is 0 Å². The number of aromatic nitrogens is 1. The summed E-state index contributed by atoms with van der Waals surface area (Å²) in [4.78, 5) is 35.4. The van der Waals surface area contributed by atoms with Gasteiger partial charge in [0.25, 0.3) is 11.6 Å². The molecule has 1 heterocycles. The molecule has 0 unspecified atom stereocenters. The maximum atomic E-state index is 12.0. The van der Waals surface area contributed by atoms with Crippen LogP contribution in [-0.2, 0) is 6.54 Å². The largest absolute Gasteiger partial charge is 0.346 e. The summed E-state index contributed by atoms with van der Waals surface area (Å²) in [6, 6.07) is 3.94. The van der Waals surface area contributed by atoms with Gasteiger partial charge in [0.2, 0.25) is 0 Å². The quantitative estimate of drug-likeness (QED) is 0.644. The summed E-state index contributed by atoms with van der Waals surface area (Å²) in [5, 5.41) is 14.9. The molecule has 9 heteroatoms. The van der Waals surface area contributed by atoms with E-state index >= 15 is 0 Å². The molecule has 0 radical (unpaired) electrons. The van der Waals surface area contributed by atoms with Gasteiger partial charge in [-0.15, -0.1) is 0 Å². The Hall–Kier alpha value is -2.00. The predicted octanol–water partition coefficient (Wildman–Crippen LogP) is 2.04. The fraction of sp³-hybridized carbons (Fsp3) is 0.0909. The second kappa shape index (κ2) is 5.97. The SMILES string of the molecule is O=C(NCc1csc(=O)[nH]1)c1cc([N+](=O)[O-])ccc1Br. The van der Waals surface area contributed by atoms with Crippen molar-refractivity contribution < 1.29 is 9.72 Å². The van der Waals surface area contributed by atoms with E-state index in [9.17, 15) is 19.7 Å². The van der Waals surface area contributed by atoms with Crippen molar-refractivity contribution in [3.8, 4) is 0 Å². The molecule has 0 saturated carbocycles. The molecular formula is C11H8BrN3O4S. The molecule has 0 aliphatic carbocycles. The number of aromatic amines is 1. The first-order chi connectivity index (χ1) is 9.47. The van der Waals surface area contributed by atoms with E-state index in [2.05, 4.69) is 26.2 Å². The Kier molecular flexibility index (Phi) is 4.30. The molecule has 2 N–H and O–H groups in total. The number of nitrogens with zero attached hydrogens (tertiary/aromatic N) is 1. The monoisotopic (exact) mass is 357 g/mol. The summed E-state index contributed by atoms with van der Waals surface area (Å²) in [5.74, 6) is -0.465. The number of H-pyrrole nitrogens is 1. The van der Waals surface area contributed by atoms with Crippen molar-refractivity contribution in [3.63, 3.8) is 0 Å². The third-order valence-corrected chi connectivity index (χ3v) is 3.83. The second-order valence-corrected chi connectivity index (χ2v) is 5.47. The Morgan fingerprint density at radius 2 is 2.25 bits per heavy atom. The molecule has 0 fully saturated rings. The average molecular weight is 358 g/mol. The molecule has 1 amide bonds. The highest BCUT2D eigenvalue weighted by molar-refractivity contribution is 9.10. The number of halogens is 1. The van der Waals surface area contributed by atoms with Crippen molar-refractivity contribution in [1.82, 2.24) is 10.3 Å². The van der Waals surface area contributed by atoms with E-state index in [0.29, 0.717) is 10.2 Å². The maximum Gasteiger partial charge on any atom is 0.304 e. The summed E-state index contributed by atoms with van der Waals surface area (Å²) in [6.07, 6.45) is 0. The Morgan fingerprint density at radius 1 is 1.50 bits per heavy atom. The normalized spacial score (nSPS) is 10.2. The van der Waals surface area contributed by atoms with E-state index in [4.69, 9.17) is 0 Å². The highest BCUT2D eigenvalue weighted by Gasteiger charge is 2.15. The number of thiazole rings is 1. The molecule has 0 aliphatic heterocycles. The smallest absolute Gasteiger partial charge is 0.304 e. The number of benzene rings is 1. The highest BCUT2D eigenvalue weighted by atomic mass is 79.9. The first-order valence-corrected chi connectivity index (χ1v) is 7.03. The number of nitro benzene ring substituents is 1. The lowest BCUT2D eigenvalue weighted by Gasteiger charge is -2.05. The van der Waals surface area contributed by atoms with Gasteiger partial charge in [0.05, 0.1) is 17.0 Å². The molecular weight excluding hydrogens is 350 g/mol. The van der Waals surface area contributed by atoms with Crippen LogP contribution < -0.4 is 10.2 Å². The van der Waals surface area contributed by atoms with E-state index in [-0.39, 0.29) is 22.7 Å². The van der Waals surface area contributed by atoms with Gasteiger partial charge in [-0.2, -0.15) is 0 Å². The molecule has 20 heavy (non-hydrogen) atoms. The summed E-state index contributed by atoms with van der Waals surface area (Å²) in [7, 11) is 0. The lowest BCUT2D eigenvalue weighted by atomic mass is 10.2. The first kappa shape index (κ1) is 14.4. The van der Waals surface area contributed by atoms with Crippen LogP contribution in [0.2, 0.25) is 0 Å². The summed E-state index contributed by atoms with van der Waals surface area (Å²) >= 11 is 4.17. The topological polar surface area (TPSA) is 105 Å². The minimum Gasteiger partial charge on any atom is -0.346 e. The lowest BCUT2D eigenvalue weighted by Crippen LogP contribution is -2.23. The number of hydrogen-bond acceptors (Lipinski definition) is 5. The zero-order valence-electron chi connectivity index (χ0n) is 9.88. The molecule has 104 valence electrons. The molecule has 0 spiro atoms. The van der Waals surface area contributed by atoms with Crippen molar-refractivity contribution in [1.29, 1.82) is 0 Å². The van der Waals surface area contributed by atoms with Gasteiger partial charge in [-0.3, -0.25) is 19.7 Å². The van der Waals surface area contributed by atoms with Crippen LogP contribution in [-0.4, -0.2) is 15.8 Å². The van der Waals surface area contributed by atoms with E-state index in [0.717, 1.165) is 11.3 Å². The third-order valence-electron chi connectivity index (χ3n) is 2.42. The van der Waals surface area contributed by atoms with Crippen LogP contribution in [0, 0.1) is 10.1 Å². The Balaban J connectivity index is 2.14. The van der Waals surface area contributed by atoms with Crippen LogP contribution in [0.5, 0.6) is 0 Å². The highest BCUT2D eigenvalue weighted by Crippen LogP contribution is 2.22. The lowest BCUT2D eigenvalue weighted by molar-refractivity contribution is -0.384. The summed E-state index contributed by atoms with van der Waals surface area (Å²) in [6.45, 7) is 0.146. The number of carbonyl (C=O) groups excluding carboxylic acids is 1. The molecule has 1 aromatic heterocycles. The first-order valence-electron chi connectivity index (χ1n) is 5.36. The Bertz CT molecular complexity index is 724. The van der Waals surface area contributed by atoms with Gasteiger partial charge < -0.3 is 10.3 Å². The molecule has 0 saturated heterocycles. The van der Waals surface area contributed by atoms with E-state index in [1.807, 2.05) is 0 Å². The maximum absolute atomic E-state index is 12.0. The summed E-state index contributed by atoms with van der Waals surface area (Å²) < 4.78 is 0.458. The molecule has 7 nitrogen and oxygen atoms in total. The number of nitrogens with one attached hydrogen (secondary N) is 2. The summed E-state index contributed by atoms with van der Waals surface area (Å²) in [5.41, 5.74) is 0.578. The van der Waals surface area contributed by atoms with E-state index in [1.165, 1.54) is 18.2 Å². The number of hydrogen-bond donors (Lipinski definition) is 2. The number of non-ortho nitro benzene ring substituents is 1. The molecule has 0 atom stereocenters. The molecule has 2 rings (SSSR count). The number of rotatable bonds is 4. The second-order valence-electron chi connectivity index (χ2n) is 3.78. The molecule has 0 aliphatic rings. The van der Waals surface area contributed by atoms with E-state index in [1.54, 1.807) is 5.38 Å². The third kappa shape index (κ3) is 3.31. The molecule has 1 aromatic carbocycles. The fourth-order valence-electron chi connectivity index (χ4n) is 1.47. The van der Waals surface area contributed by atoms with Crippen molar-refractivity contribution >= 4 is 38.9 Å². The van der Waals surface area contributed by atoms with E-state index < -0.39 is 10.8 Å². The van der Waals surface area contributed by atoms with Gasteiger partial charge in [0.15, 0.2) is 0 Å². The average Bonchev–Trinajstić information content (AvgIpc) is 2.82. The number of nitro groups is 1.